The van der Waals surface area contributed by atoms with Crippen LogP contribution in [0.5, 0.6) is 0 Å². The number of nitrogen functional groups attached to an aromatic ring is 1. The SMILES string of the molecule is CCO/N=C(\C(=O)NC1C(=O)N2C(C(=O)O)=C(CSc3nnnn3CCN(C)C)CS[C@H]12)c1nsc(N)n1. The number of aliphatic carboxylic acids is 1. The van der Waals surface area contributed by atoms with Crippen molar-refractivity contribution >= 4 is 63.7 Å². The largest absolute Gasteiger partial charge is 0.477 e. The number of β-lactam (4-membered cyclic amide) rings is 1. The highest BCUT2D eigenvalue weighted by atomic mass is 32.2. The van der Waals surface area contributed by atoms with E-state index in [1.54, 1.807) is 11.6 Å². The van der Waals surface area contributed by atoms with Gasteiger partial charge in [0.05, 0.1) is 6.54 Å². The van der Waals surface area contributed by atoms with Gasteiger partial charge in [0.2, 0.25) is 16.7 Å². The van der Waals surface area contributed by atoms with Crippen LogP contribution < -0.4 is 11.1 Å². The molecule has 2 aliphatic heterocycles. The van der Waals surface area contributed by atoms with Crippen LogP contribution in [-0.2, 0) is 25.8 Å². The van der Waals surface area contributed by atoms with E-state index < -0.39 is 29.2 Å². The number of nitrogens with zero attached hydrogens (tertiary/aromatic N) is 9. The van der Waals surface area contributed by atoms with E-state index in [0.29, 0.717) is 23.0 Å². The predicted molar refractivity (Wildman–Crippen MR) is 139 cm³/mol. The highest BCUT2D eigenvalue weighted by Crippen LogP contribution is 2.41. The van der Waals surface area contributed by atoms with E-state index in [9.17, 15) is 19.5 Å². The zero-order chi connectivity index (χ0) is 27.4. The first-order chi connectivity index (χ1) is 18.2. The number of carboxylic acids is 1. The average Bonchev–Trinajstić information content (AvgIpc) is 3.52. The summed E-state index contributed by atoms with van der Waals surface area (Å²) in [6.45, 7) is 3.19. The second-order valence-corrected chi connectivity index (χ2v) is 11.0. The second kappa shape index (κ2) is 12.0. The lowest BCUT2D eigenvalue weighted by Crippen LogP contribution is -2.71. The summed E-state index contributed by atoms with van der Waals surface area (Å²) < 4.78 is 5.63. The van der Waals surface area contributed by atoms with E-state index in [2.05, 4.69) is 35.4 Å². The van der Waals surface area contributed by atoms with Crippen molar-refractivity contribution in [1.82, 2.24) is 44.7 Å². The molecule has 38 heavy (non-hydrogen) atoms. The number of carboxylic acid groups (broad SMARTS) is 1. The van der Waals surface area contributed by atoms with Crippen LogP contribution in [0.3, 0.4) is 0 Å². The van der Waals surface area contributed by atoms with Crippen LogP contribution in [0.1, 0.15) is 12.7 Å². The molecular formula is C19H25N11O5S3. The average molecular weight is 584 g/mol. The maximum absolute atomic E-state index is 13.0. The fraction of sp³-hybridized carbons (Fsp3) is 0.526. The summed E-state index contributed by atoms with van der Waals surface area (Å²) >= 11 is 3.53. The van der Waals surface area contributed by atoms with Crippen molar-refractivity contribution in [2.45, 2.75) is 30.0 Å². The third-order valence-electron chi connectivity index (χ3n) is 5.32. The number of thioether (sulfide) groups is 2. The molecule has 0 aromatic carbocycles. The summed E-state index contributed by atoms with van der Waals surface area (Å²) in [4.78, 5) is 50.3. The van der Waals surface area contributed by atoms with E-state index in [4.69, 9.17) is 10.6 Å². The van der Waals surface area contributed by atoms with Gasteiger partial charge in [0.25, 0.3) is 11.8 Å². The van der Waals surface area contributed by atoms with Gasteiger partial charge >= 0.3 is 5.97 Å². The van der Waals surface area contributed by atoms with Gasteiger partial charge in [-0.25, -0.2) is 9.48 Å². The van der Waals surface area contributed by atoms with Crippen molar-refractivity contribution in [3.63, 3.8) is 0 Å². The number of carbonyl (C=O) groups is 3. The van der Waals surface area contributed by atoms with E-state index in [-0.39, 0.29) is 34.7 Å². The zero-order valence-corrected chi connectivity index (χ0v) is 23.0. The highest BCUT2D eigenvalue weighted by Gasteiger charge is 2.54. The number of nitrogens with one attached hydrogen (secondary N) is 1. The number of likely N-dealkylation sites (N-methyl/N-ethyl adjacent to an activating group) is 1. The maximum atomic E-state index is 13.0. The Bertz CT molecular complexity index is 1280. The Morgan fingerprint density at radius 3 is 2.84 bits per heavy atom. The molecule has 16 nitrogen and oxygen atoms in total. The van der Waals surface area contributed by atoms with E-state index in [1.165, 1.54) is 28.4 Å². The summed E-state index contributed by atoms with van der Waals surface area (Å²) in [5.74, 6) is -1.91. The number of rotatable bonds is 12. The van der Waals surface area contributed by atoms with Crippen LogP contribution in [0.2, 0.25) is 0 Å². The first-order valence-electron chi connectivity index (χ1n) is 11.2. The van der Waals surface area contributed by atoms with E-state index >= 15 is 0 Å². The molecule has 1 fully saturated rings. The number of tetrazole rings is 1. The fourth-order valence-corrected chi connectivity index (χ4v) is 6.36. The van der Waals surface area contributed by atoms with Gasteiger partial charge < -0.3 is 25.9 Å². The van der Waals surface area contributed by atoms with Crippen molar-refractivity contribution < 1.29 is 24.3 Å². The van der Waals surface area contributed by atoms with Gasteiger partial charge in [0.1, 0.15) is 23.7 Å². The smallest absolute Gasteiger partial charge is 0.352 e. The van der Waals surface area contributed by atoms with Crippen LogP contribution >= 0.6 is 35.1 Å². The monoisotopic (exact) mass is 583 g/mol. The highest BCUT2D eigenvalue weighted by molar-refractivity contribution is 8.01. The number of fused-ring (bicyclic) bond motifs is 1. The van der Waals surface area contributed by atoms with E-state index in [0.717, 1.165) is 18.1 Å². The molecule has 4 rings (SSSR count). The van der Waals surface area contributed by atoms with Crippen molar-refractivity contribution in [2.75, 3.05) is 44.5 Å². The molecule has 0 spiro atoms. The van der Waals surface area contributed by atoms with Crippen LogP contribution in [0.15, 0.2) is 21.6 Å². The Morgan fingerprint density at radius 1 is 1.39 bits per heavy atom. The zero-order valence-electron chi connectivity index (χ0n) is 20.6. The van der Waals surface area contributed by atoms with Gasteiger partial charge in [-0.05, 0) is 37.0 Å². The fourth-order valence-electron chi connectivity index (χ4n) is 3.53. The standard InChI is InChI=1S/C19H25N11O5S3/c1-4-35-24-10(13-22-18(20)38-25-13)14(31)21-11-15(32)30-12(17(33)34)9(7-36-16(11)30)8-37-19-23-26-27-29(19)6-5-28(2)3/h11,16H,4-8H2,1-3H3,(H,21,31)(H,33,34)(H2,20,22,25)/b24-10-/t11?,16-/m1/s1. The van der Waals surface area contributed by atoms with Crippen molar-refractivity contribution in [2.24, 2.45) is 5.16 Å². The summed E-state index contributed by atoms with van der Waals surface area (Å²) in [6, 6.07) is -0.961. The first-order valence-corrected chi connectivity index (χ1v) is 14.1. The van der Waals surface area contributed by atoms with Gasteiger partial charge in [-0.1, -0.05) is 16.9 Å². The molecule has 4 heterocycles. The molecule has 2 atom stereocenters. The molecule has 2 aliphatic rings. The van der Waals surface area contributed by atoms with Gasteiger partial charge in [-0.2, -0.15) is 9.36 Å². The van der Waals surface area contributed by atoms with Crippen LogP contribution in [0.25, 0.3) is 0 Å². The maximum Gasteiger partial charge on any atom is 0.352 e. The quantitative estimate of drug-likeness (QED) is 0.118. The molecule has 19 heteroatoms. The number of anilines is 1. The molecule has 204 valence electrons. The summed E-state index contributed by atoms with van der Waals surface area (Å²) in [5.41, 5.74) is 5.85. The van der Waals surface area contributed by atoms with E-state index in [1.807, 2.05) is 19.0 Å². The number of carbonyl (C=O) groups excluding carboxylic acids is 2. The Hall–Kier alpha value is -3.29. The topological polar surface area (TPSA) is 207 Å². The third kappa shape index (κ3) is 5.89. The molecule has 1 unspecified atom stereocenters. The van der Waals surface area contributed by atoms with Gasteiger partial charge in [-0.3, -0.25) is 14.5 Å². The Labute approximate surface area is 229 Å². The number of oxime groups is 1. The van der Waals surface area contributed by atoms with Crippen molar-refractivity contribution in [1.29, 1.82) is 0 Å². The molecule has 0 saturated carbocycles. The molecule has 4 N–H and O–H groups in total. The number of aromatic nitrogens is 6. The van der Waals surface area contributed by atoms with Gasteiger partial charge in [0, 0.05) is 29.6 Å². The summed E-state index contributed by atoms with van der Waals surface area (Å²) in [7, 11) is 3.88. The normalized spacial score (nSPS) is 19.4. The number of nitrogens with two attached hydrogens (primary N) is 1. The first kappa shape index (κ1) is 27.7. The second-order valence-electron chi connectivity index (χ2n) is 8.21. The predicted octanol–water partition coefficient (Wildman–Crippen LogP) is -1.06. The molecule has 0 aliphatic carbocycles. The lowest BCUT2D eigenvalue weighted by atomic mass is 10.0. The minimum absolute atomic E-state index is 0.0308. The lowest BCUT2D eigenvalue weighted by Gasteiger charge is -2.49. The molecular weight excluding hydrogens is 558 g/mol. The number of hydrogen-bond donors (Lipinski definition) is 3. The molecule has 1 saturated heterocycles. The molecule has 0 bridgehead atoms. The molecule has 0 radical (unpaired) electrons. The minimum atomic E-state index is -1.23. The number of amides is 2. The van der Waals surface area contributed by atoms with Crippen LogP contribution in [0.4, 0.5) is 5.13 Å². The minimum Gasteiger partial charge on any atom is -0.477 e. The molecule has 2 amide bonds. The molecule has 2 aromatic rings. The lowest BCUT2D eigenvalue weighted by molar-refractivity contribution is -0.150. The van der Waals surface area contributed by atoms with Gasteiger partial charge in [-0.15, -0.1) is 16.9 Å². The Kier molecular flexibility index (Phi) is 8.80. The van der Waals surface area contributed by atoms with Crippen molar-refractivity contribution in [3.05, 3.63) is 17.1 Å². The number of hydrogen-bond acceptors (Lipinski definition) is 15. The molecule has 2 aromatic heterocycles. The Balaban J connectivity index is 1.46. The summed E-state index contributed by atoms with van der Waals surface area (Å²) in [6.07, 6.45) is 0. The summed E-state index contributed by atoms with van der Waals surface area (Å²) in [5, 5.41) is 28.1. The third-order valence-corrected chi connectivity index (χ3v) is 8.25. The Morgan fingerprint density at radius 2 is 2.18 bits per heavy atom. The van der Waals surface area contributed by atoms with Crippen LogP contribution in [0, 0.1) is 0 Å². The van der Waals surface area contributed by atoms with Gasteiger partial charge in [0.15, 0.2) is 5.13 Å². The van der Waals surface area contributed by atoms with Crippen LogP contribution in [-0.4, -0.2) is 118 Å². The van der Waals surface area contributed by atoms with Crippen molar-refractivity contribution in [3.8, 4) is 0 Å².